The molecule has 8 nitrogen and oxygen atoms in total. The predicted molar refractivity (Wildman–Crippen MR) is 115 cm³/mol. The SMILES string of the molecule is CCOC(=O)/C=C/[C@H](C[C@@H](C)CCNC=O)NC(=O)CC(=O)Nc1cccc(Cl)c1. The molecule has 9 heteroatoms. The first-order valence-electron chi connectivity index (χ1n) is 9.70. The molecule has 0 aliphatic rings. The molecule has 30 heavy (non-hydrogen) atoms. The van der Waals surface area contributed by atoms with E-state index in [2.05, 4.69) is 16.0 Å². The number of esters is 1. The summed E-state index contributed by atoms with van der Waals surface area (Å²) < 4.78 is 4.86. The summed E-state index contributed by atoms with van der Waals surface area (Å²) in [7, 11) is 0. The molecule has 0 heterocycles. The van der Waals surface area contributed by atoms with E-state index in [1.54, 1.807) is 37.3 Å². The Kier molecular flexibility index (Phi) is 11.9. The molecule has 0 aromatic heterocycles. The minimum Gasteiger partial charge on any atom is -0.463 e. The van der Waals surface area contributed by atoms with E-state index in [9.17, 15) is 19.2 Å². The second-order valence-electron chi connectivity index (χ2n) is 6.72. The number of carbonyl (C=O) groups excluding carboxylic acids is 4. The van der Waals surface area contributed by atoms with Crippen molar-refractivity contribution in [3.63, 3.8) is 0 Å². The van der Waals surface area contributed by atoms with E-state index in [4.69, 9.17) is 16.3 Å². The van der Waals surface area contributed by atoms with E-state index in [-0.39, 0.29) is 18.9 Å². The minimum atomic E-state index is -0.509. The summed E-state index contributed by atoms with van der Waals surface area (Å²) in [4.78, 5) is 46.4. The first-order valence-corrected chi connectivity index (χ1v) is 10.1. The lowest BCUT2D eigenvalue weighted by Gasteiger charge is -2.19. The van der Waals surface area contributed by atoms with Gasteiger partial charge in [0.25, 0.3) is 0 Å². The van der Waals surface area contributed by atoms with Crippen LogP contribution in [0.25, 0.3) is 0 Å². The van der Waals surface area contributed by atoms with Gasteiger partial charge in [0.15, 0.2) is 0 Å². The van der Waals surface area contributed by atoms with E-state index < -0.39 is 23.8 Å². The van der Waals surface area contributed by atoms with Crippen molar-refractivity contribution in [3.05, 3.63) is 41.4 Å². The second-order valence-corrected chi connectivity index (χ2v) is 7.16. The number of ether oxygens (including phenoxy) is 1. The maximum Gasteiger partial charge on any atom is 0.330 e. The van der Waals surface area contributed by atoms with Crippen LogP contribution >= 0.6 is 11.6 Å². The van der Waals surface area contributed by atoms with E-state index in [1.165, 1.54) is 6.08 Å². The van der Waals surface area contributed by atoms with Crippen molar-refractivity contribution in [1.82, 2.24) is 10.6 Å². The smallest absolute Gasteiger partial charge is 0.330 e. The van der Waals surface area contributed by atoms with Gasteiger partial charge in [0.05, 0.1) is 6.61 Å². The van der Waals surface area contributed by atoms with Gasteiger partial charge in [0, 0.05) is 29.4 Å². The van der Waals surface area contributed by atoms with Gasteiger partial charge >= 0.3 is 5.97 Å². The molecule has 0 unspecified atom stereocenters. The van der Waals surface area contributed by atoms with Crippen LogP contribution in [0, 0.1) is 5.92 Å². The van der Waals surface area contributed by atoms with E-state index >= 15 is 0 Å². The third kappa shape index (κ3) is 11.2. The zero-order valence-electron chi connectivity index (χ0n) is 17.2. The van der Waals surface area contributed by atoms with E-state index in [1.807, 2.05) is 6.92 Å². The number of amides is 3. The van der Waals surface area contributed by atoms with E-state index in [0.717, 1.165) is 0 Å². The zero-order chi connectivity index (χ0) is 22.4. The highest BCUT2D eigenvalue weighted by Gasteiger charge is 2.16. The quantitative estimate of drug-likeness (QED) is 0.144. The van der Waals surface area contributed by atoms with Crippen LogP contribution in [-0.4, -0.2) is 43.4 Å². The van der Waals surface area contributed by atoms with Crippen LogP contribution in [0.3, 0.4) is 0 Å². The van der Waals surface area contributed by atoms with E-state index in [0.29, 0.717) is 36.5 Å². The van der Waals surface area contributed by atoms with Crippen molar-refractivity contribution < 1.29 is 23.9 Å². The number of hydrogen-bond acceptors (Lipinski definition) is 5. The molecule has 0 saturated heterocycles. The minimum absolute atomic E-state index is 0.148. The average molecular weight is 438 g/mol. The third-order valence-electron chi connectivity index (χ3n) is 4.05. The second kappa shape index (κ2) is 14.2. The largest absolute Gasteiger partial charge is 0.463 e. The van der Waals surface area contributed by atoms with Gasteiger partial charge in [0.2, 0.25) is 18.2 Å². The molecule has 0 saturated carbocycles. The highest BCUT2D eigenvalue weighted by atomic mass is 35.5. The molecule has 2 atom stereocenters. The Labute approximate surface area is 181 Å². The Bertz CT molecular complexity index is 754. The number of hydrogen-bond donors (Lipinski definition) is 3. The molecule has 0 spiro atoms. The molecule has 3 N–H and O–H groups in total. The Morgan fingerprint density at radius 3 is 2.67 bits per heavy atom. The topological polar surface area (TPSA) is 114 Å². The standard InChI is InChI=1S/C21H28ClN3O5/c1-3-30-21(29)8-7-18(11-15(2)9-10-23-14-26)25-20(28)13-19(27)24-17-6-4-5-16(22)12-17/h4-8,12,14-15,18H,3,9-11,13H2,1-2H3,(H,23,26)(H,24,27)(H,25,28)/b8-7+/t15-,18+/m0/s1. The Hall–Kier alpha value is -2.87. The fourth-order valence-corrected chi connectivity index (χ4v) is 2.88. The molecule has 1 rings (SSSR count). The summed E-state index contributed by atoms with van der Waals surface area (Å²) in [6.45, 7) is 4.42. The average Bonchev–Trinajstić information content (AvgIpc) is 2.66. The first kappa shape index (κ1) is 25.2. The van der Waals surface area contributed by atoms with Crippen LogP contribution in [0.15, 0.2) is 36.4 Å². The molecule has 3 amide bonds. The van der Waals surface area contributed by atoms with Crippen LogP contribution in [0.1, 0.15) is 33.1 Å². The molecule has 164 valence electrons. The highest BCUT2D eigenvalue weighted by molar-refractivity contribution is 6.30. The van der Waals surface area contributed by atoms with Crippen LogP contribution in [0.5, 0.6) is 0 Å². The van der Waals surface area contributed by atoms with Crippen molar-refractivity contribution in [3.8, 4) is 0 Å². The van der Waals surface area contributed by atoms with Gasteiger partial charge in [-0.25, -0.2) is 4.79 Å². The van der Waals surface area contributed by atoms with Crippen molar-refractivity contribution >= 4 is 41.5 Å². The Morgan fingerprint density at radius 2 is 2.00 bits per heavy atom. The number of benzene rings is 1. The molecule has 0 aliphatic heterocycles. The van der Waals surface area contributed by atoms with Gasteiger partial charge in [-0.1, -0.05) is 30.7 Å². The summed E-state index contributed by atoms with van der Waals surface area (Å²) in [5, 5.41) is 8.43. The monoisotopic (exact) mass is 437 g/mol. The van der Waals surface area contributed by atoms with Gasteiger partial charge in [-0.05, 0) is 43.9 Å². The lowest BCUT2D eigenvalue weighted by Crippen LogP contribution is -2.37. The Balaban J connectivity index is 2.65. The number of halogens is 1. The van der Waals surface area contributed by atoms with Gasteiger partial charge in [-0.15, -0.1) is 0 Å². The highest BCUT2D eigenvalue weighted by Crippen LogP contribution is 2.15. The predicted octanol–water partition coefficient (Wildman–Crippen LogP) is 2.43. The summed E-state index contributed by atoms with van der Waals surface area (Å²) in [6.07, 6.45) is 4.29. The number of nitrogens with one attached hydrogen (secondary N) is 3. The number of anilines is 1. The summed E-state index contributed by atoms with van der Waals surface area (Å²) in [5.41, 5.74) is 0.496. The molecule has 0 radical (unpaired) electrons. The fraction of sp³-hybridized carbons (Fsp3) is 0.429. The molecular weight excluding hydrogens is 410 g/mol. The van der Waals surface area contributed by atoms with Gasteiger partial charge in [-0.2, -0.15) is 0 Å². The van der Waals surface area contributed by atoms with Crippen molar-refractivity contribution in [2.45, 2.75) is 39.2 Å². The lowest BCUT2D eigenvalue weighted by molar-refractivity contribution is -0.137. The fourth-order valence-electron chi connectivity index (χ4n) is 2.69. The van der Waals surface area contributed by atoms with Crippen molar-refractivity contribution in [2.75, 3.05) is 18.5 Å². The molecule has 1 aromatic carbocycles. The normalized spacial score (nSPS) is 12.6. The van der Waals surface area contributed by atoms with Crippen LogP contribution in [0.4, 0.5) is 5.69 Å². The number of rotatable bonds is 13. The molecule has 1 aromatic rings. The lowest BCUT2D eigenvalue weighted by atomic mass is 9.98. The van der Waals surface area contributed by atoms with Crippen LogP contribution in [0.2, 0.25) is 5.02 Å². The molecule has 0 bridgehead atoms. The Morgan fingerprint density at radius 1 is 1.23 bits per heavy atom. The molecule has 0 aliphatic carbocycles. The summed E-state index contributed by atoms with van der Waals surface area (Å²) in [6, 6.07) is 6.15. The maximum absolute atomic E-state index is 12.3. The number of carbonyl (C=O) groups is 4. The third-order valence-corrected chi connectivity index (χ3v) is 4.28. The van der Waals surface area contributed by atoms with Gasteiger partial charge in [-0.3, -0.25) is 14.4 Å². The van der Waals surface area contributed by atoms with Crippen molar-refractivity contribution in [2.24, 2.45) is 5.92 Å². The van der Waals surface area contributed by atoms with Crippen LogP contribution in [-0.2, 0) is 23.9 Å². The summed E-state index contributed by atoms with van der Waals surface area (Å²) in [5.74, 6) is -1.32. The zero-order valence-corrected chi connectivity index (χ0v) is 17.9. The summed E-state index contributed by atoms with van der Waals surface area (Å²) >= 11 is 5.88. The molecule has 0 fully saturated rings. The van der Waals surface area contributed by atoms with Gasteiger partial charge < -0.3 is 20.7 Å². The maximum atomic E-state index is 12.3. The van der Waals surface area contributed by atoms with Gasteiger partial charge in [0.1, 0.15) is 6.42 Å². The van der Waals surface area contributed by atoms with Crippen molar-refractivity contribution in [1.29, 1.82) is 0 Å². The molecular formula is C21H28ClN3O5. The first-order chi connectivity index (χ1) is 14.3. The van der Waals surface area contributed by atoms with Crippen LogP contribution < -0.4 is 16.0 Å².